The lowest BCUT2D eigenvalue weighted by Gasteiger charge is -2.26. The van der Waals surface area contributed by atoms with Crippen LogP contribution in [-0.2, 0) is 7.05 Å². The molecule has 0 spiro atoms. The van der Waals surface area contributed by atoms with Gasteiger partial charge in [0.25, 0.3) is 0 Å². The highest BCUT2D eigenvalue weighted by Crippen LogP contribution is 2.28. The van der Waals surface area contributed by atoms with E-state index in [1.165, 1.54) is 0 Å². The molecule has 7 heteroatoms. The summed E-state index contributed by atoms with van der Waals surface area (Å²) >= 11 is 1.65. The molecule has 17 heavy (non-hydrogen) atoms. The minimum absolute atomic E-state index is 0.756. The summed E-state index contributed by atoms with van der Waals surface area (Å²) in [4.78, 5) is 12.0. The van der Waals surface area contributed by atoms with Crippen LogP contribution in [0.3, 0.4) is 0 Å². The van der Waals surface area contributed by atoms with Gasteiger partial charge in [0.05, 0.1) is 11.1 Å². The van der Waals surface area contributed by atoms with Crippen LogP contribution in [0.25, 0.3) is 10.7 Å². The predicted molar refractivity (Wildman–Crippen MR) is 67.2 cm³/mol. The van der Waals surface area contributed by atoms with E-state index in [0.29, 0.717) is 0 Å². The molecule has 3 heterocycles. The van der Waals surface area contributed by atoms with Gasteiger partial charge in [0.2, 0.25) is 0 Å². The molecule has 6 nitrogen and oxygen atoms in total. The Morgan fingerprint density at radius 1 is 1.29 bits per heavy atom. The molecule has 0 unspecified atom stereocenters. The second kappa shape index (κ2) is 4.42. The van der Waals surface area contributed by atoms with E-state index in [2.05, 4.69) is 25.3 Å². The van der Waals surface area contributed by atoms with E-state index in [1.54, 1.807) is 22.3 Å². The number of nitrogens with zero attached hydrogens (tertiary/aromatic N) is 5. The second-order valence-corrected chi connectivity index (χ2v) is 5.00. The Balaban J connectivity index is 1.82. The van der Waals surface area contributed by atoms with E-state index in [1.807, 2.05) is 13.2 Å². The monoisotopic (exact) mass is 250 g/mol. The van der Waals surface area contributed by atoms with Gasteiger partial charge in [-0.2, -0.15) is 5.10 Å². The fourth-order valence-electron chi connectivity index (χ4n) is 1.82. The Kier molecular flexibility index (Phi) is 2.77. The molecule has 1 saturated heterocycles. The van der Waals surface area contributed by atoms with E-state index in [0.717, 1.165) is 42.0 Å². The molecule has 0 saturated carbocycles. The molecule has 1 aliphatic heterocycles. The van der Waals surface area contributed by atoms with Crippen molar-refractivity contribution >= 4 is 16.5 Å². The smallest absolute Gasteiger partial charge is 0.192 e. The molecule has 0 aromatic carbocycles. The van der Waals surface area contributed by atoms with Crippen molar-refractivity contribution in [1.29, 1.82) is 0 Å². The Hall–Kier alpha value is -1.47. The summed E-state index contributed by atoms with van der Waals surface area (Å²) in [7, 11) is 1.87. The van der Waals surface area contributed by atoms with Crippen molar-refractivity contribution in [2.75, 3.05) is 31.1 Å². The standard InChI is InChI=1S/C10H14N6S/c1-15-7-13-9(14-15)8-6-12-10(17-8)16-4-2-11-3-5-16/h6-7,11H,2-5H2,1H3. The number of nitrogens with one attached hydrogen (secondary N) is 1. The first kappa shape index (κ1) is 10.7. The molecule has 2 aromatic heterocycles. The molecular weight excluding hydrogens is 236 g/mol. The first-order chi connectivity index (χ1) is 8.33. The number of rotatable bonds is 2. The van der Waals surface area contributed by atoms with Crippen LogP contribution in [0.15, 0.2) is 12.5 Å². The molecule has 1 N–H and O–H groups in total. The Bertz CT molecular complexity index is 498. The van der Waals surface area contributed by atoms with Crippen LogP contribution in [-0.4, -0.2) is 45.9 Å². The van der Waals surface area contributed by atoms with Gasteiger partial charge < -0.3 is 10.2 Å². The molecule has 90 valence electrons. The summed E-state index contributed by atoms with van der Waals surface area (Å²) in [5.74, 6) is 0.756. The summed E-state index contributed by atoms with van der Waals surface area (Å²) in [5, 5.41) is 8.68. The number of thiazole rings is 1. The fourth-order valence-corrected chi connectivity index (χ4v) is 2.73. The zero-order valence-corrected chi connectivity index (χ0v) is 10.4. The fraction of sp³-hybridized carbons (Fsp3) is 0.500. The average Bonchev–Trinajstić information content (AvgIpc) is 2.98. The average molecular weight is 250 g/mol. The number of hydrogen-bond donors (Lipinski definition) is 1. The van der Waals surface area contributed by atoms with Crippen LogP contribution >= 0.6 is 11.3 Å². The van der Waals surface area contributed by atoms with Gasteiger partial charge in [0.1, 0.15) is 6.33 Å². The Labute approximate surface area is 103 Å². The summed E-state index contributed by atoms with van der Waals surface area (Å²) < 4.78 is 1.71. The lowest BCUT2D eigenvalue weighted by atomic mass is 10.4. The van der Waals surface area contributed by atoms with Crippen molar-refractivity contribution in [3.8, 4) is 10.7 Å². The van der Waals surface area contributed by atoms with E-state index in [-0.39, 0.29) is 0 Å². The lowest BCUT2D eigenvalue weighted by molar-refractivity contribution is 0.588. The zero-order valence-electron chi connectivity index (χ0n) is 9.63. The molecule has 0 atom stereocenters. The van der Waals surface area contributed by atoms with Crippen molar-refractivity contribution in [2.45, 2.75) is 0 Å². The van der Waals surface area contributed by atoms with Crippen LogP contribution in [0.5, 0.6) is 0 Å². The summed E-state index contributed by atoms with van der Waals surface area (Å²) in [6.07, 6.45) is 3.57. The molecule has 0 bridgehead atoms. The third kappa shape index (κ3) is 2.16. The summed E-state index contributed by atoms with van der Waals surface area (Å²) in [5.41, 5.74) is 0. The van der Waals surface area contributed by atoms with Crippen LogP contribution < -0.4 is 10.2 Å². The molecule has 2 aromatic rings. The molecular formula is C10H14N6S. The normalized spacial score (nSPS) is 16.4. The van der Waals surface area contributed by atoms with Crippen molar-refractivity contribution in [3.63, 3.8) is 0 Å². The van der Waals surface area contributed by atoms with Crippen LogP contribution in [0.1, 0.15) is 0 Å². The number of hydrogen-bond acceptors (Lipinski definition) is 6. The van der Waals surface area contributed by atoms with Crippen LogP contribution in [0, 0.1) is 0 Å². The van der Waals surface area contributed by atoms with Gasteiger partial charge in [0, 0.05) is 33.2 Å². The number of piperazine rings is 1. The first-order valence-electron chi connectivity index (χ1n) is 5.60. The zero-order chi connectivity index (χ0) is 11.7. The quantitative estimate of drug-likeness (QED) is 0.833. The van der Waals surface area contributed by atoms with E-state index < -0.39 is 0 Å². The van der Waals surface area contributed by atoms with E-state index in [4.69, 9.17) is 0 Å². The molecule has 0 radical (unpaired) electrons. The summed E-state index contributed by atoms with van der Waals surface area (Å²) in [6, 6.07) is 0. The van der Waals surface area contributed by atoms with E-state index in [9.17, 15) is 0 Å². The van der Waals surface area contributed by atoms with Gasteiger partial charge in [-0.05, 0) is 0 Å². The largest absolute Gasteiger partial charge is 0.346 e. The van der Waals surface area contributed by atoms with Gasteiger partial charge >= 0.3 is 0 Å². The van der Waals surface area contributed by atoms with Crippen molar-refractivity contribution in [3.05, 3.63) is 12.5 Å². The SMILES string of the molecule is Cn1cnc(-c2cnc(N3CCNCC3)s2)n1. The highest BCUT2D eigenvalue weighted by Gasteiger charge is 2.15. The van der Waals surface area contributed by atoms with Gasteiger partial charge in [-0.25, -0.2) is 9.97 Å². The maximum atomic E-state index is 4.45. The van der Waals surface area contributed by atoms with Gasteiger partial charge in [0.15, 0.2) is 11.0 Å². The third-order valence-corrected chi connectivity index (χ3v) is 3.76. The minimum atomic E-state index is 0.756. The minimum Gasteiger partial charge on any atom is -0.346 e. The summed E-state index contributed by atoms with van der Waals surface area (Å²) in [6.45, 7) is 4.08. The maximum Gasteiger partial charge on any atom is 0.192 e. The van der Waals surface area contributed by atoms with Crippen molar-refractivity contribution < 1.29 is 0 Å². The van der Waals surface area contributed by atoms with Gasteiger partial charge in [-0.15, -0.1) is 0 Å². The number of anilines is 1. The number of aromatic nitrogens is 4. The van der Waals surface area contributed by atoms with Crippen molar-refractivity contribution in [2.24, 2.45) is 7.05 Å². The molecule has 0 aliphatic carbocycles. The second-order valence-electron chi connectivity index (χ2n) is 3.99. The van der Waals surface area contributed by atoms with E-state index >= 15 is 0 Å². The molecule has 1 aliphatic rings. The number of aryl methyl sites for hydroxylation is 1. The molecule has 0 amide bonds. The van der Waals surface area contributed by atoms with Gasteiger partial charge in [-0.1, -0.05) is 11.3 Å². The third-order valence-electron chi connectivity index (χ3n) is 2.70. The predicted octanol–water partition coefficient (Wildman–Crippen LogP) is 0.348. The van der Waals surface area contributed by atoms with Crippen LogP contribution in [0.2, 0.25) is 0 Å². The lowest BCUT2D eigenvalue weighted by Crippen LogP contribution is -2.43. The van der Waals surface area contributed by atoms with Crippen molar-refractivity contribution in [1.82, 2.24) is 25.1 Å². The Morgan fingerprint density at radius 3 is 2.82 bits per heavy atom. The van der Waals surface area contributed by atoms with Crippen LogP contribution in [0.4, 0.5) is 5.13 Å². The highest BCUT2D eigenvalue weighted by atomic mass is 32.1. The highest BCUT2D eigenvalue weighted by molar-refractivity contribution is 7.18. The van der Waals surface area contributed by atoms with Gasteiger partial charge in [-0.3, -0.25) is 4.68 Å². The molecule has 3 rings (SSSR count). The molecule has 1 fully saturated rings. The topological polar surface area (TPSA) is 58.9 Å². The first-order valence-corrected chi connectivity index (χ1v) is 6.42. The Morgan fingerprint density at radius 2 is 2.12 bits per heavy atom. The maximum absolute atomic E-state index is 4.45.